The van der Waals surface area contributed by atoms with E-state index in [1.54, 1.807) is 6.92 Å². The zero-order valence-electron chi connectivity index (χ0n) is 11.6. The summed E-state index contributed by atoms with van der Waals surface area (Å²) in [4.78, 5) is 23.2. The summed E-state index contributed by atoms with van der Waals surface area (Å²) >= 11 is 0. The maximum Gasteiger partial charge on any atom is 0.327 e. The van der Waals surface area contributed by atoms with Gasteiger partial charge in [0.15, 0.2) is 0 Å². The second-order valence-electron chi connectivity index (χ2n) is 4.81. The second kappa shape index (κ2) is 7.05. The highest BCUT2D eigenvalue weighted by atomic mass is 16.5. The summed E-state index contributed by atoms with van der Waals surface area (Å²) < 4.78 is 5.11. The minimum absolute atomic E-state index is 0.0733. The Labute approximate surface area is 118 Å². The van der Waals surface area contributed by atoms with E-state index < -0.39 is 6.04 Å². The Morgan fingerprint density at radius 1 is 1.45 bits per heavy atom. The van der Waals surface area contributed by atoms with Crippen LogP contribution in [0.4, 0.5) is 0 Å². The standard InChI is InChI=1S/C15H20N2O3/c1-2-20-15(19)14(11-6-4-3-5-7-11)16-10-12-8-9-13(18)17-12/h3-7,12,14,16H,2,8-10H2,1H3,(H,17,18). The van der Waals surface area contributed by atoms with Gasteiger partial charge in [-0.3, -0.25) is 10.1 Å². The van der Waals surface area contributed by atoms with Crippen molar-refractivity contribution in [2.75, 3.05) is 13.2 Å². The third-order valence-corrected chi connectivity index (χ3v) is 3.31. The van der Waals surface area contributed by atoms with Crippen molar-refractivity contribution in [3.8, 4) is 0 Å². The minimum atomic E-state index is -0.492. The van der Waals surface area contributed by atoms with E-state index in [4.69, 9.17) is 4.74 Å². The van der Waals surface area contributed by atoms with Gasteiger partial charge < -0.3 is 10.1 Å². The van der Waals surface area contributed by atoms with Gasteiger partial charge in [0, 0.05) is 19.0 Å². The number of hydrogen-bond donors (Lipinski definition) is 2. The highest BCUT2D eigenvalue weighted by Crippen LogP contribution is 2.15. The van der Waals surface area contributed by atoms with Crippen molar-refractivity contribution in [1.29, 1.82) is 0 Å². The van der Waals surface area contributed by atoms with E-state index in [0.29, 0.717) is 19.6 Å². The van der Waals surface area contributed by atoms with E-state index in [9.17, 15) is 9.59 Å². The molecule has 1 amide bonds. The Hall–Kier alpha value is -1.88. The van der Waals surface area contributed by atoms with E-state index in [1.807, 2.05) is 30.3 Å². The molecule has 5 nitrogen and oxygen atoms in total. The first-order valence-electron chi connectivity index (χ1n) is 6.95. The summed E-state index contributed by atoms with van der Waals surface area (Å²) in [5, 5.41) is 6.07. The largest absolute Gasteiger partial charge is 0.465 e. The number of esters is 1. The molecular weight excluding hydrogens is 256 g/mol. The summed E-state index contributed by atoms with van der Waals surface area (Å²) in [6, 6.07) is 9.06. The number of nitrogens with one attached hydrogen (secondary N) is 2. The van der Waals surface area contributed by atoms with Gasteiger partial charge in [-0.05, 0) is 18.9 Å². The fraction of sp³-hybridized carbons (Fsp3) is 0.467. The van der Waals surface area contributed by atoms with E-state index in [0.717, 1.165) is 12.0 Å². The summed E-state index contributed by atoms with van der Waals surface area (Å²) in [6.07, 6.45) is 1.36. The van der Waals surface area contributed by atoms with Crippen molar-refractivity contribution >= 4 is 11.9 Å². The van der Waals surface area contributed by atoms with Crippen LogP contribution in [0.15, 0.2) is 30.3 Å². The highest BCUT2D eigenvalue weighted by molar-refractivity contribution is 5.79. The number of hydrogen-bond acceptors (Lipinski definition) is 4. The van der Waals surface area contributed by atoms with E-state index >= 15 is 0 Å². The van der Waals surface area contributed by atoms with E-state index in [2.05, 4.69) is 10.6 Å². The van der Waals surface area contributed by atoms with Gasteiger partial charge in [0.05, 0.1) is 6.61 Å². The lowest BCUT2D eigenvalue weighted by molar-refractivity contribution is -0.145. The number of benzene rings is 1. The molecule has 20 heavy (non-hydrogen) atoms. The molecule has 108 valence electrons. The first kappa shape index (κ1) is 14.5. The van der Waals surface area contributed by atoms with Crippen molar-refractivity contribution in [2.24, 2.45) is 0 Å². The maximum absolute atomic E-state index is 12.0. The van der Waals surface area contributed by atoms with Gasteiger partial charge in [0.25, 0.3) is 0 Å². The van der Waals surface area contributed by atoms with Gasteiger partial charge in [-0.15, -0.1) is 0 Å². The lowest BCUT2D eigenvalue weighted by atomic mass is 10.1. The lowest BCUT2D eigenvalue weighted by Crippen LogP contribution is -2.40. The molecule has 1 fully saturated rings. The summed E-state index contributed by atoms with van der Waals surface area (Å²) in [5.74, 6) is -0.216. The number of amides is 1. The molecule has 1 saturated heterocycles. The molecule has 0 saturated carbocycles. The van der Waals surface area contributed by atoms with Crippen LogP contribution in [0.2, 0.25) is 0 Å². The van der Waals surface area contributed by atoms with E-state index in [1.165, 1.54) is 0 Å². The van der Waals surface area contributed by atoms with Gasteiger partial charge in [-0.25, -0.2) is 4.79 Å². The zero-order valence-corrected chi connectivity index (χ0v) is 11.6. The smallest absolute Gasteiger partial charge is 0.327 e. The second-order valence-corrected chi connectivity index (χ2v) is 4.81. The molecule has 0 radical (unpaired) electrons. The Morgan fingerprint density at radius 3 is 2.80 bits per heavy atom. The van der Waals surface area contributed by atoms with Crippen molar-refractivity contribution < 1.29 is 14.3 Å². The monoisotopic (exact) mass is 276 g/mol. The van der Waals surface area contributed by atoms with Gasteiger partial charge in [0.2, 0.25) is 5.91 Å². The maximum atomic E-state index is 12.0. The summed E-state index contributed by atoms with van der Waals surface area (Å²) in [7, 11) is 0. The normalized spacial score (nSPS) is 19.4. The predicted octanol–water partition coefficient (Wildman–Crippen LogP) is 1.16. The molecule has 1 aromatic carbocycles. The summed E-state index contributed by atoms with van der Waals surface area (Å²) in [6.45, 7) is 2.70. The van der Waals surface area contributed by atoms with Crippen molar-refractivity contribution in [1.82, 2.24) is 10.6 Å². The predicted molar refractivity (Wildman–Crippen MR) is 75.0 cm³/mol. The molecule has 1 aliphatic heterocycles. The molecule has 0 spiro atoms. The number of ether oxygens (including phenoxy) is 1. The van der Waals surface area contributed by atoms with Crippen LogP contribution in [-0.2, 0) is 14.3 Å². The third-order valence-electron chi connectivity index (χ3n) is 3.31. The van der Waals surface area contributed by atoms with Gasteiger partial charge in [-0.2, -0.15) is 0 Å². The molecule has 0 aromatic heterocycles. The molecule has 2 unspecified atom stereocenters. The zero-order chi connectivity index (χ0) is 14.4. The topological polar surface area (TPSA) is 67.4 Å². The fourth-order valence-electron chi connectivity index (χ4n) is 2.30. The first-order chi connectivity index (χ1) is 9.70. The Balaban J connectivity index is 1.99. The molecule has 2 atom stereocenters. The average molecular weight is 276 g/mol. The Kier molecular flexibility index (Phi) is 5.12. The molecule has 0 bridgehead atoms. The van der Waals surface area contributed by atoms with Crippen molar-refractivity contribution in [3.63, 3.8) is 0 Å². The first-order valence-corrected chi connectivity index (χ1v) is 6.95. The van der Waals surface area contributed by atoms with Crippen LogP contribution in [0.5, 0.6) is 0 Å². The molecule has 5 heteroatoms. The molecule has 2 rings (SSSR count). The van der Waals surface area contributed by atoms with Crippen LogP contribution in [0, 0.1) is 0 Å². The van der Waals surface area contributed by atoms with Crippen molar-refractivity contribution in [3.05, 3.63) is 35.9 Å². The Morgan fingerprint density at radius 2 is 2.20 bits per heavy atom. The minimum Gasteiger partial charge on any atom is -0.465 e. The number of rotatable bonds is 6. The fourth-order valence-corrected chi connectivity index (χ4v) is 2.30. The molecule has 1 aromatic rings. The SMILES string of the molecule is CCOC(=O)C(NCC1CCC(=O)N1)c1ccccc1. The van der Waals surface area contributed by atoms with Crippen LogP contribution in [0.3, 0.4) is 0 Å². The Bertz CT molecular complexity index is 461. The van der Waals surface area contributed by atoms with Gasteiger partial charge in [-0.1, -0.05) is 30.3 Å². The van der Waals surface area contributed by atoms with Crippen LogP contribution in [0.25, 0.3) is 0 Å². The third kappa shape index (κ3) is 3.81. The molecule has 0 aliphatic carbocycles. The van der Waals surface area contributed by atoms with Gasteiger partial charge in [0.1, 0.15) is 6.04 Å². The van der Waals surface area contributed by atoms with Crippen LogP contribution < -0.4 is 10.6 Å². The lowest BCUT2D eigenvalue weighted by Gasteiger charge is -2.20. The number of carbonyl (C=O) groups excluding carboxylic acids is 2. The van der Waals surface area contributed by atoms with Crippen LogP contribution in [0.1, 0.15) is 31.4 Å². The van der Waals surface area contributed by atoms with E-state index in [-0.39, 0.29) is 17.9 Å². The number of carbonyl (C=O) groups is 2. The summed E-state index contributed by atoms with van der Waals surface area (Å²) in [5.41, 5.74) is 0.871. The molecule has 1 aliphatic rings. The van der Waals surface area contributed by atoms with Gasteiger partial charge >= 0.3 is 5.97 Å². The quantitative estimate of drug-likeness (QED) is 0.765. The molecule has 2 N–H and O–H groups in total. The molecular formula is C15H20N2O3. The average Bonchev–Trinajstić information content (AvgIpc) is 2.86. The van der Waals surface area contributed by atoms with Crippen LogP contribution >= 0.6 is 0 Å². The van der Waals surface area contributed by atoms with Crippen molar-refractivity contribution in [2.45, 2.75) is 31.8 Å². The molecule has 1 heterocycles. The van der Waals surface area contributed by atoms with Crippen LogP contribution in [-0.4, -0.2) is 31.1 Å². The highest BCUT2D eigenvalue weighted by Gasteiger charge is 2.25.